The monoisotopic (exact) mass is 257 g/mol. The lowest BCUT2D eigenvalue weighted by atomic mass is 10.1. The Morgan fingerprint density at radius 1 is 1.28 bits per heavy atom. The molecule has 0 heterocycles. The minimum absolute atomic E-state index is 0.185. The lowest BCUT2D eigenvalue weighted by molar-refractivity contribution is -0.142. The number of ether oxygens (including phenoxy) is 1. The summed E-state index contributed by atoms with van der Waals surface area (Å²) in [5.41, 5.74) is -0.185. The van der Waals surface area contributed by atoms with Crippen LogP contribution in [0.15, 0.2) is 18.2 Å². The molecule has 0 saturated carbocycles. The number of nitrogens with one attached hydrogen (secondary N) is 1. The smallest absolute Gasteiger partial charge is 0.328 e. The van der Waals surface area contributed by atoms with Crippen molar-refractivity contribution in [2.45, 2.75) is 19.4 Å². The molecule has 98 valence electrons. The van der Waals surface area contributed by atoms with Crippen molar-refractivity contribution < 1.29 is 23.1 Å². The maximum absolute atomic E-state index is 12.9. The van der Waals surface area contributed by atoms with Crippen LogP contribution in [0.5, 0.6) is 0 Å². The fraction of sp³-hybridized carbons (Fsp3) is 0.333. The Balaban J connectivity index is 2.84. The summed E-state index contributed by atoms with van der Waals surface area (Å²) < 4.78 is 30.3. The van der Waals surface area contributed by atoms with Gasteiger partial charge in [0.1, 0.15) is 17.7 Å². The number of rotatable bonds is 4. The van der Waals surface area contributed by atoms with E-state index >= 15 is 0 Å². The molecule has 6 heteroatoms. The minimum atomic E-state index is -0.855. The van der Waals surface area contributed by atoms with Crippen LogP contribution in [-0.2, 0) is 9.53 Å². The number of benzene rings is 1. The van der Waals surface area contributed by atoms with Crippen molar-refractivity contribution >= 4 is 11.9 Å². The van der Waals surface area contributed by atoms with Crippen molar-refractivity contribution in [1.29, 1.82) is 0 Å². The fourth-order valence-electron chi connectivity index (χ4n) is 1.40. The molecule has 4 nitrogen and oxygen atoms in total. The van der Waals surface area contributed by atoms with Gasteiger partial charge in [0.2, 0.25) is 0 Å². The van der Waals surface area contributed by atoms with Crippen molar-refractivity contribution in [1.82, 2.24) is 5.32 Å². The molecule has 0 aliphatic rings. The lowest BCUT2D eigenvalue weighted by Crippen LogP contribution is -2.41. The van der Waals surface area contributed by atoms with E-state index in [-0.39, 0.29) is 5.56 Å². The first-order valence-electron chi connectivity index (χ1n) is 5.32. The molecule has 0 radical (unpaired) electrons. The van der Waals surface area contributed by atoms with Gasteiger partial charge in [-0.2, -0.15) is 0 Å². The van der Waals surface area contributed by atoms with E-state index in [1.165, 1.54) is 7.11 Å². The summed E-state index contributed by atoms with van der Waals surface area (Å²) in [5, 5.41) is 2.34. The molecule has 0 fully saturated rings. The number of halogens is 2. The van der Waals surface area contributed by atoms with Crippen molar-refractivity contribution in [2.24, 2.45) is 0 Å². The molecule has 18 heavy (non-hydrogen) atoms. The summed E-state index contributed by atoms with van der Waals surface area (Å²) in [6.45, 7) is 1.67. The van der Waals surface area contributed by atoms with Gasteiger partial charge >= 0.3 is 5.97 Å². The van der Waals surface area contributed by atoms with Gasteiger partial charge in [0.25, 0.3) is 5.91 Å². The highest BCUT2D eigenvalue weighted by molar-refractivity contribution is 5.96. The molecule has 0 aliphatic heterocycles. The van der Waals surface area contributed by atoms with Crippen LogP contribution in [-0.4, -0.2) is 25.0 Å². The minimum Gasteiger partial charge on any atom is -0.467 e. The second-order valence-corrected chi connectivity index (χ2v) is 3.62. The van der Waals surface area contributed by atoms with E-state index in [1.807, 2.05) is 0 Å². The van der Waals surface area contributed by atoms with Crippen LogP contribution in [0.2, 0.25) is 0 Å². The van der Waals surface area contributed by atoms with Crippen LogP contribution >= 0.6 is 0 Å². The Hall–Kier alpha value is -1.98. The third-order valence-electron chi connectivity index (χ3n) is 2.32. The molecule has 1 amide bonds. The zero-order valence-corrected chi connectivity index (χ0v) is 10.00. The van der Waals surface area contributed by atoms with Gasteiger partial charge in [-0.25, -0.2) is 13.6 Å². The highest BCUT2D eigenvalue weighted by Gasteiger charge is 2.20. The van der Waals surface area contributed by atoms with E-state index in [0.717, 1.165) is 12.1 Å². The average Bonchev–Trinajstić information content (AvgIpc) is 2.33. The van der Waals surface area contributed by atoms with Crippen LogP contribution in [0.4, 0.5) is 8.78 Å². The number of carbonyl (C=O) groups excluding carboxylic acids is 2. The van der Waals surface area contributed by atoms with Crippen LogP contribution in [0.25, 0.3) is 0 Å². The van der Waals surface area contributed by atoms with Gasteiger partial charge in [0.15, 0.2) is 0 Å². The predicted octanol–water partition coefficient (Wildman–Crippen LogP) is 1.65. The quantitative estimate of drug-likeness (QED) is 0.834. The van der Waals surface area contributed by atoms with Crippen molar-refractivity contribution in [3.63, 3.8) is 0 Å². The van der Waals surface area contributed by atoms with Gasteiger partial charge < -0.3 is 10.1 Å². The topological polar surface area (TPSA) is 55.4 Å². The van der Waals surface area contributed by atoms with Crippen LogP contribution < -0.4 is 5.32 Å². The number of methoxy groups -OCH3 is 1. The standard InChI is InChI=1S/C12H13F2NO3/c1-3-10(12(17)18-2)15-11(16)7-4-8(13)6-9(14)5-7/h4-6,10H,3H2,1-2H3,(H,15,16)/t10-/m1/s1. The highest BCUT2D eigenvalue weighted by Crippen LogP contribution is 2.08. The molecule has 0 spiro atoms. The Morgan fingerprint density at radius 2 is 1.83 bits per heavy atom. The van der Waals surface area contributed by atoms with Gasteiger partial charge in [0, 0.05) is 11.6 Å². The van der Waals surface area contributed by atoms with Crippen molar-refractivity contribution in [2.75, 3.05) is 7.11 Å². The SMILES string of the molecule is CC[C@@H](NC(=O)c1cc(F)cc(F)c1)C(=O)OC. The van der Waals surface area contributed by atoms with Gasteiger partial charge in [0.05, 0.1) is 7.11 Å². The Bertz CT molecular complexity index is 442. The van der Waals surface area contributed by atoms with E-state index in [2.05, 4.69) is 10.1 Å². The first-order chi connectivity index (χ1) is 8.47. The van der Waals surface area contributed by atoms with Crippen LogP contribution in [0, 0.1) is 11.6 Å². The van der Waals surface area contributed by atoms with Crippen LogP contribution in [0.3, 0.4) is 0 Å². The maximum Gasteiger partial charge on any atom is 0.328 e. The Kier molecular flexibility index (Phi) is 4.76. The summed E-state index contributed by atoms with van der Waals surface area (Å²) in [6, 6.07) is 1.60. The molecule has 0 unspecified atom stereocenters. The molecule has 0 bridgehead atoms. The van der Waals surface area contributed by atoms with Gasteiger partial charge in [-0.1, -0.05) is 6.92 Å². The molecule has 0 aliphatic carbocycles. The Morgan fingerprint density at radius 3 is 2.28 bits per heavy atom. The summed E-state index contributed by atoms with van der Waals surface area (Å²) >= 11 is 0. The molecular formula is C12H13F2NO3. The molecule has 0 aromatic heterocycles. The second kappa shape index (κ2) is 6.09. The number of hydrogen-bond donors (Lipinski definition) is 1. The largest absolute Gasteiger partial charge is 0.467 e. The normalized spacial score (nSPS) is 11.8. The van der Waals surface area contributed by atoms with E-state index in [9.17, 15) is 18.4 Å². The second-order valence-electron chi connectivity index (χ2n) is 3.62. The highest BCUT2D eigenvalue weighted by atomic mass is 19.1. The van der Waals surface area contributed by atoms with E-state index in [1.54, 1.807) is 6.92 Å². The lowest BCUT2D eigenvalue weighted by Gasteiger charge is -2.14. The third kappa shape index (κ3) is 3.51. The summed E-state index contributed by atoms with van der Waals surface area (Å²) in [6.07, 6.45) is 0.316. The zero-order valence-electron chi connectivity index (χ0n) is 10.00. The molecule has 1 atom stereocenters. The number of amides is 1. The first kappa shape index (κ1) is 14.1. The molecule has 1 aromatic carbocycles. The maximum atomic E-state index is 12.9. The first-order valence-corrected chi connectivity index (χ1v) is 5.32. The predicted molar refractivity (Wildman–Crippen MR) is 59.9 cm³/mol. The van der Waals surface area contributed by atoms with E-state index < -0.39 is 29.6 Å². The summed E-state index contributed by atoms with van der Waals surface area (Å²) in [5.74, 6) is -3.05. The molecular weight excluding hydrogens is 244 g/mol. The van der Waals surface area contributed by atoms with Gasteiger partial charge in [-0.15, -0.1) is 0 Å². The average molecular weight is 257 g/mol. The van der Waals surface area contributed by atoms with Crippen molar-refractivity contribution in [3.05, 3.63) is 35.4 Å². The molecule has 1 N–H and O–H groups in total. The van der Waals surface area contributed by atoms with Gasteiger partial charge in [-0.05, 0) is 18.6 Å². The summed E-state index contributed by atoms with van der Waals surface area (Å²) in [7, 11) is 1.19. The third-order valence-corrected chi connectivity index (χ3v) is 2.32. The molecule has 0 saturated heterocycles. The summed E-state index contributed by atoms with van der Waals surface area (Å²) in [4.78, 5) is 22.9. The van der Waals surface area contributed by atoms with Gasteiger partial charge in [-0.3, -0.25) is 4.79 Å². The van der Waals surface area contributed by atoms with Crippen molar-refractivity contribution in [3.8, 4) is 0 Å². The number of esters is 1. The number of carbonyl (C=O) groups is 2. The van der Waals surface area contributed by atoms with E-state index in [4.69, 9.17) is 0 Å². The zero-order chi connectivity index (χ0) is 13.7. The van der Waals surface area contributed by atoms with E-state index in [0.29, 0.717) is 12.5 Å². The molecule has 1 aromatic rings. The number of hydrogen-bond acceptors (Lipinski definition) is 3. The Labute approximate surface area is 103 Å². The fourth-order valence-corrected chi connectivity index (χ4v) is 1.40. The van der Waals surface area contributed by atoms with Crippen LogP contribution in [0.1, 0.15) is 23.7 Å². The molecule has 1 rings (SSSR count).